The van der Waals surface area contributed by atoms with Crippen LogP contribution in [-0.4, -0.2) is 36.3 Å². The number of halogens is 3. The number of pyridine rings is 1. The summed E-state index contributed by atoms with van der Waals surface area (Å²) >= 11 is 0. The molecule has 140 valence electrons. The molecule has 0 spiro atoms. The van der Waals surface area contributed by atoms with E-state index in [4.69, 9.17) is 4.74 Å². The highest BCUT2D eigenvalue weighted by Crippen LogP contribution is 2.23. The molecule has 0 saturated heterocycles. The van der Waals surface area contributed by atoms with Crippen LogP contribution in [0.4, 0.5) is 13.2 Å². The zero-order chi connectivity index (χ0) is 18.1. The van der Waals surface area contributed by atoms with Crippen LogP contribution in [0, 0.1) is 0 Å². The fourth-order valence-corrected chi connectivity index (χ4v) is 2.59. The van der Waals surface area contributed by atoms with Crippen molar-refractivity contribution in [2.45, 2.75) is 57.9 Å². The van der Waals surface area contributed by atoms with Gasteiger partial charge in [-0.2, -0.15) is 13.2 Å². The van der Waals surface area contributed by atoms with Gasteiger partial charge in [0, 0.05) is 25.4 Å². The molecule has 8 heteroatoms. The lowest BCUT2D eigenvalue weighted by atomic mass is 10.3. The molecule has 1 aliphatic rings. The summed E-state index contributed by atoms with van der Waals surface area (Å²) in [7, 11) is 0. The highest BCUT2D eigenvalue weighted by atomic mass is 19.4. The van der Waals surface area contributed by atoms with E-state index in [1.165, 1.54) is 12.8 Å². The van der Waals surface area contributed by atoms with Crippen LogP contribution < -0.4 is 15.4 Å². The molecular formula is C17H25F3N4O. The predicted octanol–water partition coefficient (Wildman–Crippen LogP) is 3.41. The summed E-state index contributed by atoms with van der Waals surface area (Å²) in [4.78, 5) is 8.56. The lowest BCUT2D eigenvalue weighted by molar-refractivity contribution is -0.132. The van der Waals surface area contributed by atoms with Gasteiger partial charge in [0.05, 0.1) is 13.0 Å². The van der Waals surface area contributed by atoms with Crippen LogP contribution >= 0.6 is 0 Å². The lowest BCUT2D eigenvalue weighted by Gasteiger charge is -2.13. The maximum Gasteiger partial charge on any atom is 0.390 e. The first kappa shape index (κ1) is 19.3. The Balaban J connectivity index is 1.83. The van der Waals surface area contributed by atoms with E-state index in [0.717, 1.165) is 18.4 Å². The zero-order valence-electron chi connectivity index (χ0n) is 14.4. The van der Waals surface area contributed by atoms with Crippen LogP contribution in [-0.2, 0) is 6.54 Å². The third kappa shape index (κ3) is 7.62. The van der Waals surface area contributed by atoms with Crippen molar-refractivity contribution >= 4 is 5.96 Å². The van der Waals surface area contributed by atoms with Crippen molar-refractivity contribution in [1.29, 1.82) is 0 Å². The molecule has 0 radical (unpaired) electrons. The molecule has 0 amide bonds. The molecule has 1 aromatic rings. The highest BCUT2D eigenvalue weighted by molar-refractivity contribution is 5.79. The van der Waals surface area contributed by atoms with Gasteiger partial charge in [-0.05, 0) is 38.2 Å². The van der Waals surface area contributed by atoms with Gasteiger partial charge in [-0.15, -0.1) is 0 Å². The Labute approximate surface area is 146 Å². The number of nitrogens with zero attached hydrogens (tertiary/aromatic N) is 2. The first-order valence-electron chi connectivity index (χ1n) is 8.67. The van der Waals surface area contributed by atoms with Gasteiger partial charge in [0.15, 0.2) is 5.96 Å². The number of aliphatic imine (C=N–C) groups is 1. The molecule has 2 rings (SSSR count). The predicted molar refractivity (Wildman–Crippen MR) is 90.6 cm³/mol. The number of nitrogens with one attached hydrogen (secondary N) is 2. The fourth-order valence-electron chi connectivity index (χ4n) is 2.59. The summed E-state index contributed by atoms with van der Waals surface area (Å²) < 4.78 is 42.4. The minimum absolute atomic E-state index is 0.207. The molecule has 1 fully saturated rings. The van der Waals surface area contributed by atoms with E-state index in [1.807, 2.05) is 19.1 Å². The van der Waals surface area contributed by atoms with Gasteiger partial charge in [0.1, 0.15) is 6.10 Å². The molecule has 1 saturated carbocycles. The zero-order valence-corrected chi connectivity index (χ0v) is 14.4. The van der Waals surface area contributed by atoms with E-state index in [9.17, 15) is 13.2 Å². The molecule has 0 aromatic carbocycles. The standard InChI is InChI=1S/C17H25F3N4O/c1-2-21-16(22-10-9-17(18,19)20)24-12-13-7-8-15(23-11-13)25-14-5-3-4-6-14/h7-8,11,14H,2-6,9-10,12H2,1H3,(H2,21,22,24). The van der Waals surface area contributed by atoms with Crippen LogP contribution in [0.25, 0.3) is 0 Å². The molecule has 0 atom stereocenters. The van der Waals surface area contributed by atoms with E-state index in [1.54, 1.807) is 6.20 Å². The van der Waals surface area contributed by atoms with Crippen molar-refractivity contribution in [3.63, 3.8) is 0 Å². The Morgan fingerprint density at radius 3 is 2.64 bits per heavy atom. The molecule has 1 aliphatic carbocycles. The minimum atomic E-state index is -4.18. The second-order valence-electron chi connectivity index (χ2n) is 6.02. The second kappa shape index (κ2) is 9.48. The smallest absolute Gasteiger partial charge is 0.390 e. The molecule has 0 bridgehead atoms. The topological polar surface area (TPSA) is 58.5 Å². The molecule has 25 heavy (non-hydrogen) atoms. The number of rotatable bonds is 7. The van der Waals surface area contributed by atoms with Gasteiger partial charge in [-0.3, -0.25) is 0 Å². The lowest BCUT2D eigenvalue weighted by Crippen LogP contribution is -2.38. The second-order valence-corrected chi connectivity index (χ2v) is 6.02. The average Bonchev–Trinajstić information content (AvgIpc) is 3.06. The summed E-state index contributed by atoms with van der Waals surface area (Å²) in [5.41, 5.74) is 0.867. The van der Waals surface area contributed by atoms with Crippen LogP contribution in [0.5, 0.6) is 5.88 Å². The van der Waals surface area contributed by atoms with Gasteiger partial charge < -0.3 is 15.4 Å². The largest absolute Gasteiger partial charge is 0.474 e. The Kier molecular flexibility index (Phi) is 7.33. The van der Waals surface area contributed by atoms with Crippen LogP contribution in [0.1, 0.15) is 44.6 Å². The number of hydrogen-bond donors (Lipinski definition) is 2. The first-order valence-corrected chi connectivity index (χ1v) is 8.67. The summed E-state index contributed by atoms with van der Waals surface area (Å²) in [5, 5.41) is 5.61. The van der Waals surface area contributed by atoms with Crippen molar-refractivity contribution in [1.82, 2.24) is 15.6 Å². The molecule has 0 unspecified atom stereocenters. The minimum Gasteiger partial charge on any atom is -0.474 e. The SMILES string of the molecule is CCNC(=NCc1ccc(OC2CCCC2)nc1)NCCC(F)(F)F. The van der Waals surface area contributed by atoms with E-state index in [0.29, 0.717) is 24.9 Å². The molecule has 5 nitrogen and oxygen atoms in total. The first-order chi connectivity index (χ1) is 12.0. The molecule has 0 aliphatic heterocycles. The van der Waals surface area contributed by atoms with E-state index < -0.39 is 12.6 Å². The third-order valence-electron chi connectivity index (χ3n) is 3.85. The van der Waals surface area contributed by atoms with Gasteiger partial charge >= 0.3 is 6.18 Å². The van der Waals surface area contributed by atoms with Crippen LogP contribution in [0.15, 0.2) is 23.3 Å². The fraction of sp³-hybridized carbons (Fsp3) is 0.647. The van der Waals surface area contributed by atoms with Crippen LogP contribution in [0.2, 0.25) is 0 Å². The van der Waals surface area contributed by atoms with Gasteiger partial charge in [0.25, 0.3) is 0 Å². The third-order valence-corrected chi connectivity index (χ3v) is 3.85. The van der Waals surface area contributed by atoms with E-state index >= 15 is 0 Å². The molecule has 2 N–H and O–H groups in total. The maximum atomic E-state index is 12.2. The van der Waals surface area contributed by atoms with Crippen molar-refractivity contribution in [3.05, 3.63) is 23.9 Å². The van der Waals surface area contributed by atoms with Gasteiger partial charge in [0.2, 0.25) is 5.88 Å². The van der Waals surface area contributed by atoms with Crippen molar-refractivity contribution in [2.75, 3.05) is 13.1 Å². The Morgan fingerprint density at radius 1 is 1.28 bits per heavy atom. The summed E-state index contributed by atoms with van der Waals surface area (Å²) in [6, 6.07) is 3.69. The maximum absolute atomic E-state index is 12.2. The van der Waals surface area contributed by atoms with Gasteiger partial charge in [-0.25, -0.2) is 9.98 Å². The summed E-state index contributed by atoms with van der Waals surface area (Å²) in [6.45, 7) is 2.56. The van der Waals surface area contributed by atoms with Crippen LogP contribution in [0.3, 0.4) is 0 Å². The Bertz CT molecular complexity index is 540. The normalized spacial score (nSPS) is 16.1. The molecule has 1 heterocycles. The van der Waals surface area contributed by atoms with Gasteiger partial charge in [-0.1, -0.05) is 6.07 Å². The number of hydrogen-bond acceptors (Lipinski definition) is 3. The van der Waals surface area contributed by atoms with Crippen molar-refractivity contribution < 1.29 is 17.9 Å². The van der Waals surface area contributed by atoms with E-state index in [-0.39, 0.29) is 12.6 Å². The molecular weight excluding hydrogens is 333 g/mol. The number of alkyl halides is 3. The Hall–Kier alpha value is -1.99. The van der Waals surface area contributed by atoms with E-state index in [2.05, 4.69) is 20.6 Å². The summed E-state index contributed by atoms with van der Waals surface area (Å²) in [5.74, 6) is 0.966. The average molecular weight is 358 g/mol. The summed E-state index contributed by atoms with van der Waals surface area (Å²) in [6.07, 6.45) is 1.42. The highest BCUT2D eigenvalue weighted by Gasteiger charge is 2.26. The van der Waals surface area contributed by atoms with Crippen molar-refractivity contribution in [3.8, 4) is 5.88 Å². The quantitative estimate of drug-likeness (QED) is 0.579. The Morgan fingerprint density at radius 2 is 2.04 bits per heavy atom. The molecule has 1 aromatic heterocycles. The number of guanidine groups is 1. The number of aromatic nitrogens is 1. The number of ether oxygens (including phenoxy) is 1. The monoisotopic (exact) mass is 358 g/mol. The van der Waals surface area contributed by atoms with Crippen molar-refractivity contribution in [2.24, 2.45) is 4.99 Å².